The Labute approximate surface area is 221 Å². The van der Waals surface area contributed by atoms with Gasteiger partial charge in [-0.3, -0.25) is 9.59 Å². The highest BCUT2D eigenvalue weighted by Gasteiger charge is 2.45. The van der Waals surface area contributed by atoms with Crippen molar-refractivity contribution in [3.8, 4) is 5.75 Å². The topological polar surface area (TPSA) is 70.1 Å². The molecule has 1 fully saturated rings. The van der Waals surface area contributed by atoms with Crippen molar-refractivity contribution in [3.63, 3.8) is 0 Å². The van der Waals surface area contributed by atoms with Gasteiger partial charge in [0.15, 0.2) is 0 Å². The molecule has 1 atom stereocenters. The van der Waals surface area contributed by atoms with Gasteiger partial charge in [-0.1, -0.05) is 77.9 Å². The number of rotatable bonds is 11. The van der Waals surface area contributed by atoms with Gasteiger partial charge in [0, 0.05) is 12.1 Å². The van der Waals surface area contributed by atoms with Crippen LogP contribution in [0.5, 0.6) is 5.75 Å². The molecule has 0 spiro atoms. The molecular weight excluding hydrogens is 464 g/mol. The molecule has 0 bridgehead atoms. The highest BCUT2D eigenvalue weighted by Crippen LogP contribution is 2.40. The lowest BCUT2D eigenvalue weighted by Gasteiger charge is -2.27. The quantitative estimate of drug-likeness (QED) is 0.232. The van der Waals surface area contributed by atoms with Gasteiger partial charge in [0.1, 0.15) is 11.5 Å². The van der Waals surface area contributed by atoms with Gasteiger partial charge >= 0.3 is 0 Å². The monoisotopic (exact) mass is 506 g/mol. The summed E-state index contributed by atoms with van der Waals surface area (Å²) in [6.45, 7) is 16.4. The molecule has 1 amide bonds. The van der Waals surface area contributed by atoms with Crippen LogP contribution < -0.4 is 4.74 Å². The highest BCUT2D eigenvalue weighted by molar-refractivity contribution is 6.46. The Morgan fingerprint density at radius 1 is 1.03 bits per heavy atom. The fourth-order valence-electron chi connectivity index (χ4n) is 4.74. The number of hydrogen-bond donors (Lipinski definition) is 1. The molecule has 6 nitrogen and oxygen atoms in total. The van der Waals surface area contributed by atoms with Gasteiger partial charge in [-0.05, 0) is 61.2 Å². The molecule has 2 aromatic rings. The number of ether oxygens (including phenoxy) is 1. The van der Waals surface area contributed by atoms with Crippen molar-refractivity contribution in [2.45, 2.75) is 65.8 Å². The van der Waals surface area contributed by atoms with E-state index >= 15 is 0 Å². The van der Waals surface area contributed by atoms with E-state index in [-0.39, 0.29) is 16.7 Å². The summed E-state index contributed by atoms with van der Waals surface area (Å²) in [5.41, 5.74) is 2.55. The van der Waals surface area contributed by atoms with Crippen LogP contribution in [0.1, 0.15) is 77.1 Å². The molecule has 37 heavy (non-hydrogen) atoms. The average Bonchev–Trinajstić information content (AvgIpc) is 3.14. The molecule has 1 unspecified atom stereocenters. The number of amides is 1. The summed E-state index contributed by atoms with van der Waals surface area (Å²) in [5.74, 6) is -0.767. The van der Waals surface area contributed by atoms with Crippen LogP contribution in [0.4, 0.5) is 0 Å². The van der Waals surface area contributed by atoms with E-state index in [1.807, 2.05) is 37.3 Å². The van der Waals surface area contributed by atoms with Crippen molar-refractivity contribution < 1.29 is 19.4 Å². The second-order valence-corrected chi connectivity index (χ2v) is 10.6. The number of aliphatic hydroxyl groups is 1. The van der Waals surface area contributed by atoms with E-state index in [2.05, 4.69) is 39.5 Å². The largest absolute Gasteiger partial charge is 0.507 e. The average molecular weight is 507 g/mol. The molecule has 200 valence electrons. The smallest absolute Gasteiger partial charge is 0.295 e. The maximum Gasteiger partial charge on any atom is 0.295 e. The maximum absolute atomic E-state index is 13.4. The molecule has 0 saturated carbocycles. The van der Waals surface area contributed by atoms with E-state index in [1.54, 1.807) is 23.1 Å². The first-order valence-corrected chi connectivity index (χ1v) is 13.5. The lowest BCUT2D eigenvalue weighted by atomic mass is 9.85. The van der Waals surface area contributed by atoms with Gasteiger partial charge in [0.2, 0.25) is 0 Å². The van der Waals surface area contributed by atoms with Gasteiger partial charge in [-0.2, -0.15) is 0 Å². The van der Waals surface area contributed by atoms with Gasteiger partial charge in [0.25, 0.3) is 11.7 Å². The lowest BCUT2D eigenvalue weighted by molar-refractivity contribution is -0.140. The summed E-state index contributed by atoms with van der Waals surface area (Å²) in [6, 6.07) is 14.5. The summed E-state index contributed by atoms with van der Waals surface area (Å²) in [6.07, 6.45) is 1.60. The zero-order valence-corrected chi connectivity index (χ0v) is 23.2. The molecule has 0 aliphatic carbocycles. The van der Waals surface area contributed by atoms with E-state index in [9.17, 15) is 14.7 Å². The van der Waals surface area contributed by atoms with Crippen molar-refractivity contribution >= 4 is 17.4 Å². The number of hydrogen-bond acceptors (Lipinski definition) is 5. The number of carbonyl (C=O) groups excluding carboxylic acids is 2. The van der Waals surface area contributed by atoms with Crippen molar-refractivity contribution in [2.75, 3.05) is 32.8 Å². The Morgan fingerprint density at radius 2 is 1.70 bits per heavy atom. The molecule has 2 aromatic carbocycles. The summed E-state index contributed by atoms with van der Waals surface area (Å²) < 4.78 is 5.73. The Morgan fingerprint density at radius 3 is 2.30 bits per heavy atom. The zero-order chi connectivity index (χ0) is 27.2. The lowest BCUT2D eigenvalue weighted by Crippen LogP contribution is -2.33. The SMILES string of the molecule is CCCOc1cccc(C(O)=C2C(=O)C(=O)N(CCCN(CC)CC)C2c2ccc(C(C)(C)C)cc2)c1. The highest BCUT2D eigenvalue weighted by atomic mass is 16.5. The minimum absolute atomic E-state index is 0.0248. The van der Waals surface area contributed by atoms with E-state index in [0.29, 0.717) is 24.5 Å². The fraction of sp³-hybridized carbons (Fsp3) is 0.484. The van der Waals surface area contributed by atoms with Crippen LogP contribution >= 0.6 is 0 Å². The first-order chi connectivity index (χ1) is 17.6. The molecule has 1 aliphatic heterocycles. The predicted molar refractivity (Wildman–Crippen MR) is 149 cm³/mol. The fourth-order valence-corrected chi connectivity index (χ4v) is 4.74. The summed E-state index contributed by atoms with van der Waals surface area (Å²) >= 11 is 0. The first kappa shape index (κ1) is 28.5. The second-order valence-electron chi connectivity index (χ2n) is 10.6. The number of ketones is 1. The van der Waals surface area contributed by atoms with E-state index in [0.717, 1.165) is 43.6 Å². The van der Waals surface area contributed by atoms with Gasteiger partial charge in [-0.15, -0.1) is 0 Å². The van der Waals surface area contributed by atoms with Crippen LogP contribution in [-0.2, 0) is 15.0 Å². The van der Waals surface area contributed by atoms with Crippen LogP contribution in [0.15, 0.2) is 54.1 Å². The van der Waals surface area contributed by atoms with Crippen LogP contribution in [0.2, 0.25) is 0 Å². The minimum Gasteiger partial charge on any atom is -0.507 e. The summed E-state index contributed by atoms with van der Waals surface area (Å²) in [7, 11) is 0. The predicted octanol–water partition coefficient (Wildman–Crippen LogP) is 5.93. The molecule has 3 rings (SSSR count). The molecule has 0 radical (unpaired) electrons. The maximum atomic E-state index is 13.4. The van der Waals surface area contributed by atoms with Crippen LogP contribution in [-0.4, -0.2) is 59.4 Å². The first-order valence-electron chi connectivity index (χ1n) is 13.5. The number of likely N-dealkylation sites (tertiary alicyclic amines) is 1. The normalized spacial score (nSPS) is 17.6. The molecule has 0 aromatic heterocycles. The summed E-state index contributed by atoms with van der Waals surface area (Å²) in [4.78, 5) is 30.6. The second kappa shape index (κ2) is 12.4. The van der Waals surface area contributed by atoms with Crippen molar-refractivity contribution in [2.24, 2.45) is 0 Å². The number of benzene rings is 2. The van der Waals surface area contributed by atoms with Crippen LogP contribution in [0.25, 0.3) is 5.76 Å². The molecular formula is C31H42N2O4. The Hall–Kier alpha value is -3.12. The van der Waals surface area contributed by atoms with Crippen LogP contribution in [0, 0.1) is 0 Å². The molecule has 1 heterocycles. The summed E-state index contributed by atoms with van der Waals surface area (Å²) in [5, 5.41) is 11.4. The van der Waals surface area contributed by atoms with Crippen molar-refractivity contribution in [3.05, 3.63) is 70.8 Å². The number of aliphatic hydroxyl groups excluding tert-OH is 1. The Kier molecular flexibility index (Phi) is 9.55. The van der Waals surface area contributed by atoms with E-state index in [4.69, 9.17) is 4.74 Å². The standard InChI is InChI=1S/C31H42N2O4/c1-7-20-37-25-13-10-12-23(21-25)28(34)26-27(22-14-16-24(17-15-22)31(4,5)6)33(30(36)29(26)35)19-11-18-32(8-2)9-3/h10,12-17,21,27,34H,7-9,11,18-20H2,1-6H3. The van der Waals surface area contributed by atoms with Crippen molar-refractivity contribution in [1.82, 2.24) is 9.80 Å². The molecule has 1 N–H and O–H groups in total. The number of Topliss-reactive ketones (excluding diaryl/α,β-unsaturated/α-hetero) is 1. The van der Waals surface area contributed by atoms with Gasteiger partial charge in [-0.25, -0.2) is 0 Å². The van der Waals surface area contributed by atoms with Crippen molar-refractivity contribution in [1.29, 1.82) is 0 Å². The van der Waals surface area contributed by atoms with E-state index in [1.165, 1.54) is 0 Å². The molecule has 6 heteroatoms. The minimum atomic E-state index is -0.648. The Balaban J connectivity index is 2.05. The third-order valence-electron chi connectivity index (χ3n) is 6.98. The number of carbonyl (C=O) groups is 2. The van der Waals surface area contributed by atoms with E-state index < -0.39 is 17.7 Å². The zero-order valence-electron chi connectivity index (χ0n) is 23.2. The third-order valence-corrected chi connectivity index (χ3v) is 6.98. The Bertz CT molecular complexity index is 1110. The molecule has 1 aliphatic rings. The van der Waals surface area contributed by atoms with Gasteiger partial charge in [0.05, 0.1) is 18.2 Å². The van der Waals surface area contributed by atoms with Gasteiger partial charge < -0.3 is 19.6 Å². The number of nitrogens with zero attached hydrogens (tertiary/aromatic N) is 2. The molecule has 1 saturated heterocycles. The third kappa shape index (κ3) is 6.61. The van der Waals surface area contributed by atoms with Crippen LogP contribution in [0.3, 0.4) is 0 Å².